The highest BCUT2D eigenvalue weighted by molar-refractivity contribution is 6.07. The van der Waals surface area contributed by atoms with Crippen LogP contribution in [0.1, 0.15) is 15.9 Å². The van der Waals surface area contributed by atoms with Gasteiger partial charge in [-0.1, -0.05) is 48.5 Å². The van der Waals surface area contributed by atoms with E-state index < -0.39 is 5.97 Å². The molecule has 1 amide bonds. The topological polar surface area (TPSA) is 83.1 Å². The van der Waals surface area contributed by atoms with Crippen LogP contribution in [0.25, 0.3) is 16.8 Å². The first-order chi connectivity index (χ1) is 18.0. The summed E-state index contributed by atoms with van der Waals surface area (Å²) in [4.78, 5) is 25.2. The highest BCUT2D eigenvalue weighted by atomic mass is 16.5. The molecule has 4 rings (SSSR count). The van der Waals surface area contributed by atoms with Crippen molar-refractivity contribution in [1.29, 1.82) is 0 Å². The lowest BCUT2D eigenvalue weighted by molar-refractivity contribution is -0.113. The number of nitrogens with one attached hydrogen (secondary N) is 1. The number of methoxy groups -OCH3 is 3. The number of benzene rings is 4. The summed E-state index contributed by atoms with van der Waals surface area (Å²) in [6.45, 7) is 0.0197. The van der Waals surface area contributed by atoms with Gasteiger partial charge < -0.3 is 24.3 Å². The van der Waals surface area contributed by atoms with E-state index in [2.05, 4.69) is 5.32 Å². The van der Waals surface area contributed by atoms with Gasteiger partial charge in [-0.2, -0.15) is 0 Å². The fourth-order valence-corrected chi connectivity index (χ4v) is 3.81. The fourth-order valence-electron chi connectivity index (χ4n) is 3.81. The van der Waals surface area contributed by atoms with Gasteiger partial charge in [-0.05, 0) is 47.4 Å². The van der Waals surface area contributed by atoms with Crippen molar-refractivity contribution in [3.05, 3.63) is 102 Å². The maximum Gasteiger partial charge on any atom is 0.337 e. The smallest absolute Gasteiger partial charge is 0.337 e. The van der Waals surface area contributed by atoms with Crippen molar-refractivity contribution in [2.45, 2.75) is 0 Å². The van der Waals surface area contributed by atoms with E-state index in [0.717, 1.165) is 16.3 Å². The van der Waals surface area contributed by atoms with Gasteiger partial charge in [0.1, 0.15) is 12.4 Å². The van der Waals surface area contributed by atoms with Gasteiger partial charge >= 0.3 is 5.97 Å². The number of carbonyl (C=O) groups excluding carboxylic acids is 2. The van der Waals surface area contributed by atoms with Crippen molar-refractivity contribution in [3.8, 4) is 17.2 Å². The summed E-state index contributed by atoms with van der Waals surface area (Å²) >= 11 is 0. The third-order valence-corrected chi connectivity index (χ3v) is 5.74. The standard InChI is InChI=1S/C30H27NO6/c1-34-27-16-15-24(18-28(27)35-2)31-29(32)23(17-20-11-13-22(14-12-20)30(33)36-3)19-37-26-10-6-8-21-7-4-5-9-25(21)26/h4-18H,19H2,1-3H3,(H,31,32). The van der Waals surface area contributed by atoms with Gasteiger partial charge in [0.15, 0.2) is 11.5 Å². The minimum absolute atomic E-state index is 0.0197. The molecule has 7 nitrogen and oxygen atoms in total. The Labute approximate surface area is 215 Å². The molecular formula is C30H27NO6. The lowest BCUT2D eigenvalue weighted by Gasteiger charge is -2.14. The predicted octanol–water partition coefficient (Wildman–Crippen LogP) is 5.74. The second-order valence-electron chi connectivity index (χ2n) is 8.07. The number of amides is 1. The molecule has 0 bridgehead atoms. The normalized spacial score (nSPS) is 11.1. The van der Waals surface area contributed by atoms with Crippen LogP contribution in [-0.2, 0) is 9.53 Å². The Bertz CT molecular complexity index is 1440. The van der Waals surface area contributed by atoms with Crippen LogP contribution in [0, 0.1) is 0 Å². The van der Waals surface area contributed by atoms with Crippen LogP contribution in [0.15, 0.2) is 90.5 Å². The summed E-state index contributed by atoms with van der Waals surface area (Å²) in [7, 11) is 4.41. The third-order valence-electron chi connectivity index (χ3n) is 5.74. The second-order valence-corrected chi connectivity index (χ2v) is 8.07. The van der Waals surface area contributed by atoms with Gasteiger partial charge in [0, 0.05) is 17.1 Å². The molecule has 0 saturated heterocycles. The Morgan fingerprint density at radius 1 is 0.784 bits per heavy atom. The molecule has 0 atom stereocenters. The minimum Gasteiger partial charge on any atom is -0.493 e. The van der Waals surface area contributed by atoms with E-state index in [1.165, 1.54) is 14.2 Å². The van der Waals surface area contributed by atoms with E-state index in [1.807, 2.05) is 42.5 Å². The first-order valence-electron chi connectivity index (χ1n) is 11.5. The van der Waals surface area contributed by atoms with Crippen LogP contribution in [0.3, 0.4) is 0 Å². The van der Waals surface area contributed by atoms with E-state index in [9.17, 15) is 9.59 Å². The predicted molar refractivity (Wildman–Crippen MR) is 143 cm³/mol. The van der Waals surface area contributed by atoms with Gasteiger partial charge in [0.05, 0.1) is 32.5 Å². The van der Waals surface area contributed by atoms with E-state index in [-0.39, 0.29) is 12.5 Å². The average molecular weight is 498 g/mol. The van der Waals surface area contributed by atoms with Crippen molar-refractivity contribution in [3.63, 3.8) is 0 Å². The van der Waals surface area contributed by atoms with Gasteiger partial charge in [0.2, 0.25) is 0 Å². The van der Waals surface area contributed by atoms with Gasteiger partial charge in [-0.15, -0.1) is 0 Å². The molecular weight excluding hydrogens is 470 g/mol. The molecule has 4 aromatic carbocycles. The average Bonchev–Trinajstić information content (AvgIpc) is 2.94. The maximum absolute atomic E-state index is 13.4. The highest BCUT2D eigenvalue weighted by Gasteiger charge is 2.15. The molecule has 0 aromatic heterocycles. The zero-order chi connectivity index (χ0) is 26.2. The van der Waals surface area contributed by atoms with E-state index in [0.29, 0.717) is 34.1 Å². The number of hydrogen-bond acceptors (Lipinski definition) is 6. The molecule has 7 heteroatoms. The molecule has 0 saturated carbocycles. The van der Waals surface area contributed by atoms with Crippen molar-refractivity contribution in [1.82, 2.24) is 0 Å². The summed E-state index contributed by atoms with van der Waals surface area (Å²) in [6, 6.07) is 25.6. The molecule has 0 heterocycles. The quantitative estimate of drug-likeness (QED) is 0.234. The monoisotopic (exact) mass is 497 g/mol. The number of hydrogen-bond donors (Lipinski definition) is 1. The molecule has 0 aliphatic carbocycles. The van der Waals surface area contributed by atoms with Crippen molar-refractivity contribution in [2.24, 2.45) is 0 Å². The minimum atomic E-state index is -0.429. The largest absolute Gasteiger partial charge is 0.493 e. The zero-order valence-corrected chi connectivity index (χ0v) is 20.8. The van der Waals surface area contributed by atoms with Crippen LogP contribution in [0.2, 0.25) is 0 Å². The molecule has 0 aliphatic heterocycles. The van der Waals surface area contributed by atoms with Crippen LogP contribution in [0.5, 0.6) is 17.2 Å². The molecule has 0 radical (unpaired) electrons. The van der Waals surface area contributed by atoms with Gasteiger partial charge in [-0.3, -0.25) is 4.79 Å². The Morgan fingerprint density at radius 3 is 2.24 bits per heavy atom. The summed E-state index contributed by atoms with van der Waals surface area (Å²) < 4.78 is 21.5. The van der Waals surface area contributed by atoms with Gasteiger partial charge in [0.25, 0.3) is 5.91 Å². The zero-order valence-electron chi connectivity index (χ0n) is 20.8. The van der Waals surface area contributed by atoms with Crippen molar-refractivity contribution in [2.75, 3.05) is 33.3 Å². The Hall–Kier alpha value is -4.78. The Morgan fingerprint density at radius 2 is 1.51 bits per heavy atom. The molecule has 0 aliphatic rings. The fraction of sp³-hybridized carbons (Fsp3) is 0.133. The molecule has 0 unspecified atom stereocenters. The van der Waals surface area contributed by atoms with E-state index in [1.54, 1.807) is 55.7 Å². The number of ether oxygens (including phenoxy) is 4. The van der Waals surface area contributed by atoms with Crippen molar-refractivity contribution < 1.29 is 28.5 Å². The molecule has 1 N–H and O–H groups in total. The summed E-state index contributed by atoms with van der Waals surface area (Å²) in [5, 5.41) is 4.90. The Kier molecular flexibility index (Phi) is 8.05. The lowest BCUT2D eigenvalue weighted by atomic mass is 10.1. The third kappa shape index (κ3) is 6.08. The molecule has 0 spiro atoms. The molecule has 4 aromatic rings. The maximum atomic E-state index is 13.4. The van der Waals surface area contributed by atoms with E-state index >= 15 is 0 Å². The molecule has 37 heavy (non-hydrogen) atoms. The second kappa shape index (κ2) is 11.8. The number of carbonyl (C=O) groups is 2. The summed E-state index contributed by atoms with van der Waals surface area (Å²) in [5.41, 5.74) is 2.07. The summed E-state index contributed by atoms with van der Waals surface area (Å²) in [6.07, 6.45) is 1.72. The highest BCUT2D eigenvalue weighted by Crippen LogP contribution is 2.30. The molecule has 0 fully saturated rings. The Balaban J connectivity index is 1.62. The number of rotatable bonds is 9. The van der Waals surface area contributed by atoms with Crippen LogP contribution < -0.4 is 19.5 Å². The first-order valence-corrected chi connectivity index (χ1v) is 11.5. The lowest BCUT2D eigenvalue weighted by Crippen LogP contribution is -2.19. The van der Waals surface area contributed by atoms with Crippen LogP contribution in [-0.4, -0.2) is 39.8 Å². The first kappa shape index (κ1) is 25.3. The SMILES string of the molecule is COC(=O)c1ccc(C=C(COc2cccc3ccccc23)C(=O)Nc2ccc(OC)c(OC)c2)cc1. The number of esters is 1. The van der Waals surface area contributed by atoms with Gasteiger partial charge in [-0.25, -0.2) is 4.79 Å². The van der Waals surface area contributed by atoms with E-state index in [4.69, 9.17) is 18.9 Å². The van der Waals surface area contributed by atoms with Crippen LogP contribution in [0.4, 0.5) is 5.69 Å². The van der Waals surface area contributed by atoms with Crippen molar-refractivity contribution >= 4 is 34.4 Å². The number of fused-ring (bicyclic) bond motifs is 1. The number of anilines is 1. The molecule has 188 valence electrons. The van der Waals surface area contributed by atoms with Crippen LogP contribution >= 0.6 is 0 Å². The summed E-state index contributed by atoms with van der Waals surface area (Å²) in [5.74, 6) is 0.951.